The number of benzene rings is 3. The molecular formula is C32H40O7Si. The molecule has 7 nitrogen and oxygen atoms in total. The van der Waals surface area contributed by atoms with Crippen LogP contribution in [0.5, 0.6) is 5.75 Å². The Morgan fingerprint density at radius 3 is 1.90 bits per heavy atom. The molecule has 3 aromatic carbocycles. The van der Waals surface area contributed by atoms with E-state index in [2.05, 4.69) is 45.0 Å². The molecule has 0 radical (unpaired) electrons. The van der Waals surface area contributed by atoms with Crippen LogP contribution in [0, 0.1) is 0 Å². The molecule has 1 saturated heterocycles. The molecule has 0 amide bonds. The van der Waals surface area contributed by atoms with Crippen LogP contribution in [-0.2, 0) is 30.0 Å². The Morgan fingerprint density at radius 2 is 1.43 bits per heavy atom. The minimum absolute atomic E-state index is 0.215. The Kier molecular flexibility index (Phi) is 9.48. The number of ether oxygens (including phenoxy) is 4. The summed E-state index contributed by atoms with van der Waals surface area (Å²) in [5.41, 5.74) is 0.903. The smallest absolute Gasteiger partial charge is 0.303 e. The first-order chi connectivity index (χ1) is 19.1. The first-order valence-corrected chi connectivity index (χ1v) is 15.5. The lowest BCUT2D eigenvalue weighted by molar-refractivity contribution is -0.288. The Hall–Kier alpha value is -3.01. The number of hydrogen-bond donors (Lipinski definition) is 1. The van der Waals surface area contributed by atoms with Crippen molar-refractivity contribution in [2.75, 3.05) is 7.11 Å². The van der Waals surface area contributed by atoms with Gasteiger partial charge in [0, 0.05) is 6.92 Å². The lowest BCUT2D eigenvalue weighted by atomic mass is 9.99. The molecule has 0 bridgehead atoms. The number of aliphatic hydroxyl groups excluding tert-OH is 1. The SMILES string of the molecule is COc1ccc(CO[C@@H]2[C@@H](O[Si](c3ccccc3)(c3ccccc3)C(C)(C)C)[C@H](C)O[C@@H](O)[C@@H]2OC(C)=O)cc1. The van der Waals surface area contributed by atoms with Gasteiger partial charge in [-0.3, -0.25) is 4.79 Å². The molecular weight excluding hydrogens is 524 g/mol. The number of methoxy groups -OCH3 is 1. The molecule has 0 unspecified atom stereocenters. The molecule has 8 heteroatoms. The van der Waals surface area contributed by atoms with E-state index >= 15 is 0 Å². The molecule has 3 aromatic rings. The maximum Gasteiger partial charge on any atom is 0.303 e. The summed E-state index contributed by atoms with van der Waals surface area (Å²) in [6.07, 6.45) is -4.44. The first-order valence-electron chi connectivity index (χ1n) is 13.6. The van der Waals surface area contributed by atoms with E-state index in [1.165, 1.54) is 6.92 Å². The molecule has 5 atom stereocenters. The van der Waals surface area contributed by atoms with E-state index in [9.17, 15) is 9.90 Å². The third-order valence-electron chi connectivity index (χ3n) is 7.38. The van der Waals surface area contributed by atoms with Crippen LogP contribution in [-0.4, -0.2) is 57.2 Å². The molecule has 1 aliphatic rings. The van der Waals surface area contributed by atoms with Crippen LogP contribution >= 0.6 is 0 Å². The average Bonchev–Trinajstić information content (AvgIpc) is 2.93. The van der Waals surface area contributed by atoms with Crippen LogP contribution in [0.2, 0.25) is 5.04 Å². The first kappa shape index (κ1) is 30.0. The highest BCUT2D eigenvalue weighted by Gasteiger charge is 2.56. The van der Waals surface area contributed by atoms with Gasteiger partial charge < -0.3 is 28.5 Å². The summed E-state index contributed by atoms with van der Waals surface area (Å²) in [7, 11) is -1.41. The maximum atomic E-state index is 12.1. The molecule has 0 aromatic heterocycles. The Labute approximate surface area is 238 Å². The lowest BCUT2D eigenvalue weighted by Crippen LogP contribution is -2.71. The molecule has 0 aliphatic carbocycles. The molecule has 214 valence electrons. The Morgan fingerprint density at radius 1 is 0.875 bits per heavy atom. The summed E-state index contributed by atoms with van der Waals surface area (Å²) < 4.78 is 30.7. The van der Waals surface area contributed by atoms with Crippen molar-refractivity contribution in [3.63, 3.8) is 0 Å². The van der Waals surface area contributed by atoms with E-state index in [1.54, 1.807) is 7.11 Å². The highest BCUT2D eigenvalue weighted by molar-refractivity contribution is 6.99. The third kappa shape index (κ3) is 6.32. The van der Waals surface area contributed by atoms with Gasteiger partial charge in [-0.2, -0.15) is 0 Å². The van der Waals surface area contributed by atoms with E-state index in [0.29, 0.717) is 0 Å². The van der Waals surface area contributed by atoms with E-state index in [0.717, 1.165) is 21.7 Å². The summed E-state index contributed by atoms with van der Waals surface area (Å²) in [6.45, 7) is 9.97. The quantitative estimate of drug-likeness (QED) is 0.308. The fourth-order valence-corrected chi connectivity index (χ4v) is 10.2. The van der Waals surface area contributed by atoms with Crippen molar-refractivity contribution < 1.29 is 33.3 Å². The molecule has 0 spiro atoms. The van der Waals surface area contributed by atoms with Crippen molar-refractivity contribution in [2.24, 2.45) is 0 Å². The summed E-state index contributed by atoms with van der Waals surface area (Å²) in [5, 5.41) is 12.8. The van der Waals surface area contributed by atoms with Gasteiger partial charge in [0.25, 0.3) is 8.32 Å². The van der Waals surface area contributed by atoms with Gasteiger partial charge in [-0.25, -0.2) is 0 Å². The van der Waals surface area contributed by atoms with Gasteiger partial charge >= 0.3 is 5.97 Å². The third-order valence-corrected chi connectivity index (χ3v) is 12.4. The van der Waals surface area contributed by atoms with E-state index in [-0.39, 0.29) is 11.6 Å². The van der Waals surface area contributed by atoms with Crippen LogP contribution in [0.3, 0.4) is 0 Å². The predicted molar refractivity (Wildman–Crippen MR) is 156 cm³/mol. The second-order valence-electron chi connectivity index (χ2n) is 11.2. The Bertz CT molecular complexity index is 1190. The molecule has 4 rings (SSSR count). The fraction of sp³-hybridized carbons (Fsp3) is 0.406. The number of rotatable bonds is 9. The zero-order valence-electron chi connectivity index (χ0n) is 24.1. The van der Waals surface area contributed by atoms with Crippen molar-refractivity contribution in [1.29, 1.82) is 0 Å². The van der Waals surface area contributed by atoms with E-state index in [1.807, 2.05) is 67.6 Å². The number of esters is 1. The monoisotopic (exact) mass is 564 g/mol. The number of hydrogen-bond acceptors (Lipinski definition) is 7. The summed E-state index contributed by atoms with van der Waals surface area (Å²) in [4.78, 5) is 12.1. The molecule has 1 aliphatic heterocycles. The van der Waals surface area contributed by atoms with Crippen molar-refractivity contribution >= 4 is 24.7 Å². The second-order valence-corrected chi connectivity index (χ2v) is 15.4. The van der Waals surface area contributed by atoms with E-state index in [4.69, 9.17) is 23.4 Å². The van der Waals surface area contributed by atoms with Crippen LogP contribution in [0.1, 0.15) is 40.2 Å². The van der Waals surface area contributed by atoms with Gasteiger partial charge in [-0.05, 0) is 40.0 Å². The normalized spacial score (nSPS) is 23.4. The van der Waals surface area contributed by atoms with Crippen molar-refractivity contribution in [1.82, 2.24) is 0 Å². The molecule has 1 N–H and O–H groups in total. The summed E-state index contributed by atoms with van der Waals surface area (Å²) in [6, 6.07) is 28.1. The van der Waals surface area contributed by atoms with Gasteiger partial charge in [0.05, 0.1) is 19.8 Å². The molecule has 40 heavy (non-hydrogen) atoms. The predicted octanol–water partition coefficient (Wildman–Crippen LogP) is 4.19. The zero-order chi connectivity index (χ0) is 28.9. The van der Waals surface area contributed by atoms with Crippen molar-refractivity contribution in [3.05, 3.63) is 90.5 Å². The standard InChI is InChI=1S/C32H40O7Si/c1-22-28(39-40(32(3,4)5,26-13-9-7-10-14-26)27-15-11-8-12-16-27)29(30(31(34)37-22)38-23(2)33)36-21-24-17-19-25(35-6)20-18-24/h7-20,22,28-31,34H,21H2,1-6H3/t22-,28-,29+,30+,31+/m0/s1. The summed E-state index contributed by atoms with van der Waals surface area (Å²) >= 11 is 0. The van der Waals surface area contributed by atoms with Crippen molar-refractivity contribution in [2.45, 2.75) is 77.0 Å². The summed E-state index contributed by atoms with van der Waals surface area (Å²) in [5.74, 6) is 0.203. The molecule has 0 saturated carbocycles. The minimum Gasteiger partial charge on any atom is -0.497 e. The van der Waals surface area contributed by atoms with Gasteiger partial charge in [0.15, 0.2) is 12.4 Å². The van der Waals surface area contributed by atoms with Gasteiger partial charge in [0.2, 0.25) is 0 Å². The van der Waals surface area contributed by atoms with Crippen LogP contribution in [0.4, 0.5) is 0 Å². The van der Waals surface area contributed by atoms with Crippen LogP contribution in [0.25, 0.3) is 0 Å². The topological polar surface area (TPSA) is 83.5 Å². The van der Waals surface area contributed by atoms with Crippen LogP contribution in [0.15, 0.2) is 84.9 Å². The lowest BCUT2D eigenvalue weighted by Gasteiger charge is -2.50. The largest absolute Gasteiger partial charge is 0.497 e. The number of aliphatic hydroxyl groups is 1. The maximum absolute atomic E-state index is 12.1. The van der Waals surface area contributed by atoms with Crippen molar-refractivity contribution in [3.8, 4) is 5.75 Å². The average molecular weight is 565 g/mol. The fourth-order valence-electron chi connectivity index (χ4n) is 5.47. The molecule has 1 fully saturated rings. The highest BCUT2D eigenvalue weighted by Crippen LogP contribution is 2.40. The van der Waals surface area contributed by atoms with E-state index < -0.39 is 45.0 Å². The number of carbonyl (C=O) groups is 1. The highest BCUT2D eigenvalue weighted by atomic mass is 28.4. The molecule has 1 heterocycles. The van der Waals surface area contributed by atoms with Gasteiger partial charge in [-0.1, -0.05) is 93.6 Å². The van der Waals surface area contributed by atoms with Gasteiger partial charge in [-0.15, -0.1) is 0 Å². The second kappa shape index (κ2) is 12.7. The minimum atomic E-state index is -3.03. The van der Waals surface area contributed by atoms with Crippen LogP contribution < -0.4 is 15.1 Å². The number of carbonyl (C=O) groups excluding carboxylic acids is 1. The zero-order valence-corrected chi connectivity index (χ0v) is 25.1. The van der Waals surface area contributed by atoms with Gasteiger partial charge in [0.1, 0.15) is 18.0 Å². The Balaban J connectivity index is 1.80.